The molecule has 2 bridgehead atoms. The van der Waals surface area contributed by atoms with Crippen molar-refractivity contribution >= 4 is 11.8 Å². The molecular formula is C23H24F3N3O3. The van der Waals surface area contributed by atoms with Crippen LogP contribution < -0.4 is 15.4 Å². The van der Waals surface area contributed by atoms with Gasteiger partial charge in [0.15, 0.2) is 6.61 Å². The van der Waals surface area contributed by atoms with E-state index in [1.165, 1.54) is 6.07 Å². The molecule has 0 unspecified atom stereocenters. The van der Waals surface area contributed by atoms with Crippen LogP contribution in [0.5, 0.6) is 5.75 Å². The van der Waals surface area contributed by atoms with Crippen LogP contribution in [-0.2, 0) is 22.3 Å². The van der Waals surface area contributed by atoms with Gasteiger partial charge in [-0.2, -0.15) is 13.2 Å². The number of carbonyl (C=O) groups is 2. The van der Waals surface area contributed by atoms with Gasteiger partial charge in [-0.15, -0.1) is 0 Å². The third kappa shape index (κ3) is 4.28. The molecule has 0 atom stereocenters. The van der Waals surface area contributed by atoms with E-state index in [9.17, 15) is 22.8 Å². The standard InChI is InChI=1S/C23H24F3N3O3/c1-14-3-6-18(7-15(14)2)32-10-19(30)29-22-11-21(12-22,13-22)20(31)28-9-17-5-4-16(8-27-17)23(24,25)26/h3-8H,9-13H2,1-2H3,(H,28,31)(H,29,30). The van der Waals surface area contributed by atoms with Crippen LogP contribution in [0.2, 0.25) is 0 Å². The second-order valence-electron chi connectivity index (χ2n) is 8.89. The number of ether oxygens (including phenoxy) is 1. The summed E-state index contributed by atoms with van der Waals surface area (Å²) in [6.07, 6.45) is -2.05. The number of rotatable bonds is 7. The highest BCUT2D eigenvalue weighted by molar-refractivity contribution is 5.88. The summed E-state index contributed by atoms with van der Waals surface area (Å²) >= 11 is 0. The number of pyridine rings is 1. The summed E-state index contributed by atoms with van der Waals surface area (Å²) < 4.78 is 43.3. The van der Waals surface area contributed by atoms with Gasteiger partial charge in [0.25, 0.3) is 5.91 Å². The van der Waals surface area contributed by atoms with E-state index in [0.717, 1.165) is 23.4 Å². The lowest BCUT2D eigenvalue weighted by Crippen LogP contribution is -2.78. The fourth-order valence-corrected chi connectivity index (χ4v) is 4.50. The Morgan fingerprint density at radius 3 is 2.41 bits per heavy atom. The number of hydrogen-bond acceptors (Lipinski definition) is 4. The second-order valence-corrected chi connectivity index (χ2v) is 8.89. The number of halogens is 3. The van der Waals surface area contributed by atoms with Crippen molar-refractivity contribution in [1.82, 2.24) is 15.6 Å². The van der Waals surface area contributed by atoms with Crippen LogP contribution in [-0.4, -0.2) is 28.9 Å². The van der Waals surface area contributed by atoms with Crippen LogP contribution >= 0.6 is 0 Å². The van der Waals surface area contributed by atoms with E-state index in [1.807, 2.05) is 32.0 Å². The van der Waals surface area contributed by atoms with E-state index in [1.54, 1.807) is 0 Å². The summed E-state index contributed by atoms with van der Waals surface area (Å²) in [6.45, 7) is 3.94. The first-order valence-electron chi connectivity index (χ1n) is 10.3. The average Bonchev–Trinajstić information content (AvgIpc) is 2.68. The third-order valence-electron chi connectivity index (χ3n) is 6.35. The summed E-state index contributed by atoms with van der Waals surface area (Å²) in [4.78, 5) is 28.5. The van der Waals surface area contributed by atoms with Gasteiger partial charge in [-0.05, 0) is 68.5 Å². The molecule has 3 aliphatic carbocycles. The quantitative estimate of drug-likeness (QED) is 0.682. The molecule has 1 heterocycles. The Labute approximate surface area is 183 Å². The number of nitrogens with one attached hydrogen (secondary N) is 2. The molecule has 5 rings (SSSR count). The topological polar surface area (TPSA) is 80.3 Å². The van der Waals surface area contributed by atoms with E-state index in [0.29, 0.717) is 30.7 Å². The zero-order chi connectivity index (χ0) is 23.1. The summed E-state index contributed by atoms with van der Waals surface area (Å²) in [5.41, 5.74) is 0.868. The van der Waals surface area contributed by atoms with Crippen LogP contribution in [0.25, 0.3) is 0 Å². The Balaban J connectivity index is 1.20. The van der Waals surface area contributed by atoms with Crippen LogP contribution in [0.4, 0.5) is 13.2 Å². The Bertz CT molecular complexity index is 1030. The Morgan fingerprint density at radius 2 is 1.81 bits per heavy atom. The van der Waals surface area contributed by atoms with Crippen molar-refractivity contribution in [2.45, 2.75) is 51.4 Å². The molecular weight excluding hydrogens is 423 g/mol. The van der Waals surface area contributed by atoms with Crippen LogP contribution in [0.1, 0.15) is 41.6 Å². The van der Waals surface area contributed by atoms with Gasteiger partial charge in [0, 0.05) is 11.7 Å². The van der Waals surface area contributed by atoms with Crippen LogP contribution in [0, 0.1) is 19.3 Å². The van der Waals surface area contributed by atoms with Crippen molar-refractivity contribution in [2.24, 2.45) is 5.41 Å². The van der Waals surface area contributed by atoms with E-state index in [2.05, 4.69) is 15.6 Å². The number of hydrogen-bond donors (Lipinski definition) is 2. The molecule has 1 aromatic carbocycles. The fraction of sp³-hybridized carbons (Fsp3) is 0.435. The fourth-order valence-electron chi connectivity index (χ4n) is 4.50. The first-order chi connectivity index (χ1) is 15.0. The molecule has 0 aliphatic heterocycles. The van der Waals surface area contributed by atoms with Crippen molar-refractivity contribution in [1.29, 1.82) is 0 Å². The number of nitrogens with zero attached hydrogens (tertiary/aromatic N) is 1. The number of benzene rings is 1. The van der Waals surface area contributed by atoms with Gasteiger partial charge in [-0.1, -0.05) is 6.07 Å². The van der Waals surface area contributed by atoms with E-state index < -0.39 is 17.2 Å². The van der Waals surface area contributed by atoms with Crippen molar-refractivity contribution in [3.8, 4) is 5.75 Å². The predicted octanol–water partition coefficient (Wildman–Crippen LogP) is 3.45. The van der Waals surface area contributed by atoms with Gasteiger partial charge in [-0.25, -0.2) is 0 Å². The van der Waals surface area contributed by atoms with Crippen molar-refractivity contribution in [3.05, 3.63) is 58.9 Å². The van der Waals surface area contributed by atoms with Crippen LogP contribution in [0.3, 0.4) is 0 Å². The minimum absolute atomic E-state index is 0.0574. The lowest BCUT2D eigenvalue weighted by atomic mass is 9.39. The summed E-state index contributed by atoms with van der Waals surface area (Å²) in [7, 11) is 0. The van der Waals surface area contributed by atoms with Gasteiger partial charge in [-0.3, -0.25) is 14.6 Å². The van der Waals surface area contributed by atoms with Crippen LogP contribution in [0.15, 0.2) is 36.5 Å². The maximum atomic E-state index is 12.6. The minimum Gasteiger partial charge on any atom is -0.484 e. The Morgan fingerprint density at radius 1 is 1.09 bits per heavy atom. The number of aryl methyl sites for hydroxylation is 2. The molecule has 1 aromatic heterocycles. The van der Waals surface area contributed by atoms with Gasteiger partial charge in [0.05, 0.1) is 23.2 Å². The molecule has 3 fully saturated rings. The lowest BCUT2D eigenvalue weighted by Gasteiger charge is -2.69. The zero-order valence-corrected chi connectivity index (χ0v) is 17.8. The van der Waals surface area contributed by atoms with Gasteiger partial charge < -0.3 is 15.4 Å². The third-order valence-corrected chi connectivity index (χ3v) is 6.35. The minimum atomic E-state index is -4.44. The second kappa shape index (κ2) is 7.79. The monoisotopic (exact) mass is 447 g/mol. The molecule has 0 spiro atoms. The van der Waals surface area contributed by atoms with E-state index >= 15 is 0 Å². The molecule has 32 heavy (non-hydrogen) atoms. The highest BCUT2D eigenvalue weighted by Crippen LogP contribution is 2.67. The molecule has 170 valence electrons. The molecule has 2 amide bonds. The Kier molecular flexibility index (Phi) is 5.38. The molecule has 3 saturated carbocycles. The normalized spacial score (nSPS) is 23.5. The van der Waals surface area contributed by atoms with Crippen molar-refractivity contribution in [3.63, 3.8) is 0 Å². The predicted molar refractivity (Wildman–Crippen MR) is 110 cm³/mol. The summed E-state index contributed by atoms with van der Waals surface area (Å²) in [6, 6.07) is 7.84. The van der Waals surface area contributed by atoms with Crippen molar-refractivity contribution in [2.75, 3.05) is 6.61 Å². The van der Waals surface area contributed by atoms with E-state index in [-0.39, 0.29) is 30.5 Å². The van der Waals surface area contributed by atoms with Gasteiger partial charge >= 0.3 is 6.18 Å². The lowest BCUT2D eigenvalue weighted by molar-refractivity contribution is -0.184. The zero-order valence-electron chi connectivity index (χ0n) is 17.8. The first kappa shape index (κ1) is 22.1. The first-order valence-corrected chi connectivity index (χ1v) is 10.3. The number of alkyl halides is 3. The van der Waals surface area contributed by atoms with Gasteiger partial charge in [0.2, 0.25) is 5.91 Å². The molecule has 6 nitrogen and oxygen atoms in total. The highest BCUT2D eigenvalue weighted by Gasteiger charge is 2.72. The molecule has 3 aliphatic rings. The molecule has 9 heteroatoms. The SMILES string of the molecule is Cc1ccc(OCC(=O)NC23CC(C(=O)NCc4ccc(C(F)(F)F)cn4)(C2)C3)cc1C. The van der Waals surface area contributed by atoms with E-state index in [4.69, 9.17) is 4.74 Å². The Hall–Kier alpha value is -3.10. The highest BCUT2D eigenvalue weighted by atomic mass is 19.4. The molecule has 2 aromatic rings. The average molecular weight is 447 g/mol. The smallest absolute Gasteiger partial charge is 0.417 e. The van der Waals surface area contributed by atoms with Gasteiger partial charge in [0.1, 0.15) is 5.75 Å². The number of aromatic nitrogens is 1. The molecule has 0 saturated heterocycles. The largest absolute Gasteiger partial charge is 0.484 e. The number of amides is 2. The molecule has 2 N–H and O–H groups in total. The summed E-state index contributed by atoms with van der Waals surface area (Å²) in [5.74, 6) is 0.237. The summed E-state index contributed by atoms with van der Waals surface area (Å²) in [5, 5.41) is 5.71. The maximum absolute atomic E-state index is 12.6. The molecule has 0 radical (unpaired) electrons. The maximum Gasteiger partial charge on any atom is 0.417 e. The van der Waals surface area contributed by atoms with Crippen molar-refractivity contribution < 1.29 is 27.5 Å². The number of carbonyl (C=O) groups excluding carboxylic acids is 2.